The SMILES string of the molecule is c1ccc(-c2nc(-c3ccc(-c4cccc5c4sc4ccccc45)cc3)nc(-c3cnc(-c4ccccc4)c(-n4c5ccccc5c5ccccc54)c3)n2)cc1. The Kier molecular flexibility index (Phi) is 7.60. The van der Waals surface area contributed by atoms with E-state index in [0.717, 1.165) is 50.2 Å². The van der Waals surface area contributed by atoms with Crippen LogP contribution in [0.4, 0.5) is 0 Å². The van der Waals surface area contributed by atoms with E-state index in [9.17, 15) is 0 Å². The molecule has 0 aliphatic heterocycles. The molecule has 5 nitrogen and oxygen atoms in total. The van der Waals surface area contributed by atoms with Crippen LogP contribution < -0.4 is 0 Å². The Bertz CT molecular complexity index is 3190. The molecule has 0 fully saturated rings. The lowest BCUT2D eigenvalue weighted by atomic mass is 10.0. The first-order valence-electron chi connectivity index (χ1n) is 18.6. The number of hydrogen-bond acceptors (Lipinski definition) is 5. The minimum Gasteiger partial charge on any atom is -0.307 e. The van der Waals surface area contributed by atoms with E-state index in [-0.39, 0.29) is 0 Å². The average Bonchev–Trinajstić information content (AvgIpc) is 3.83. The molecule has 11 rings (SSSR count). The van der Waals surface area contributed by atoms with Crippen LogP contribution in [0.25, 0.3) is 104 Å². The molecule has 0 aliphatic carbocycles. The first-order chi connectivity index (χ1) is 27.8. The minimum absolute atomic E-state index is 0.558. The Morgan fingerprint density at radius 2 is 0.911 bits per heavy atom. The molecule has 0 amide bonds. The molecule has 6 heteroatoms. The van der Waals surface area contributed by atoms with Crippen molar-refractivity contribution in [3.05, 3.63) is 188 Å². The predicted molar refractivity (Wildman–Crippen MR) is 232 cm³/mol. The van der Waals surface area contributed by atoms with E-state index in [1.54, 1.807) is 0 Å². The van der Waals surface area contributed by atoms with E-state index in [0.29, 0.717) is 17.5 Å². The maximum Gasteiger partial charge on any atom is 0.165 e. The van der Waals surface area contributed by atoms with E-state index in [1.807, 2.05) is 53.9 Å². The van der Waals surface area contributed by atoms with Crippen LogP contribution in [-0.2, 0) is 0 Å². The van der Waals surface area contributed by atoms with Gasteiger partial charge in [-0.25, -0.2) is 15.0 Å². The van der Waals surface area contributed by atoms with Gasteiger partial charge in [-0.3, -0.25) is 4.98 Å². The van der Waals surface area contributed by atoms with Crippen molar-refractivity contribution < 1.29 is 0 Å². The van der Waals surface area contributed by atoms with Crippen LogP contribution >= 0.6 is 11.3 Å². The smallest absolute Gasteiger partial charge is 0.165 e. The number of pyridine rings is 1. The zero-order valence-corrected chi connectivity index (χ0v) is 30.9. The molecule has 262 valence electrons. The third kappa shape index (κ3) is 5.38. The van der Waals surface area contributed by atoms with Gasteiger partial charge < -0.3 is 4.57 Å². The third-order valence-corrected chi connectivity index (χ3v) is 11.7. The normalized spacial score (nSPS) is 11.6. The van der Waals surface area contributed by atoms with Crippen LogP contribution in [0.15, 0.2) is 188 Å². The van der Waals surface area contributed by atoms with Crippen LogP contribution in [0.1, 0.15) is 0 Å². The summed E-state index contributed by atoms with van der Waals surface area (Å²) in [4.78, 5) is 20.5. The summed E-state index contributed by atoms with van der Waals surface area (Å²) in [7, 11) is 0. The minimum atomic E-state index is 0.558. The molecule has 11 aromatic rings. The first kappa shape index (κ1) is 32.2. The topological polar surface area (TPSA) is 56.5 Å². The van der Waals surface area contributed by atoms with Crippen molar-refractivity contribution in [1.29, 1.82) is 0 Å². The van der Waals surface area contributed by atoms with Crippen LogP contribution in [0.3, 0.4) is 0 Å². The van der Waals surface area contributed by atoms with Gasteiger partial charge in [-0.05, 0) is 35.4 Å². The van der Waals surface area contributed by atoms with Crippen molar-refractivity contribution in [2.24, 2.45) is 0 Å². The summed E-state index contributed by atoms with van der Waals surface area (Å²) in [6, 6.07) is 63.6. The van der Waals surface area contributed by atoms with E-state index in [1.165, 1.54) is 36.5 Å². The van der Waals surface area contributed by atoms with Crippen molar-refractivity contribution in [2.75, 3.05) is 0 Å². The Hall–Kier alpha value is -7.28. The molecule has 0 N–H and O–H groups in total. The van der Waals surface area contributed by atoms with Gasteiger partial charge in [0, 0.05) is 59.4 Å². The number of aromatic nitrogens is 5. The number of thiophene rings is 1. The molecule has 0 atom stereocenters. The number of fused-ring (bicyclic) bond motifs is 6. The molecule has 0 saturated heterocycles. The van der Waals surface area contributed by atoms with Crippen molar-refractivity contribution in [1.82, 2.24) is 24.5 Å². The van der Waals surface area contributed by atoms with Gasteiger partial charge in [0.25, 0.3) is 0 Å². The van der Waals surface area contributed by atoms with Gasteiger partial charge in [-0.1, -0.05) is 158 Å². The summed E-state index contributed by atoms with van der Waals surface area (Å²) in [6.45, 7) is 0. The fourth-order valence-corrected chi connectivity index (χ4v) is 9.11. The number of hydrogen-bond donors (Lipinski definition) is 0. The summed E-state index contributed by atoms with van der Waals surface area (Å²) in [6.07, 6.45) is 1.89. The van der Waals surface area contributed by atoms with Crippen molar-refractivity contribution in [3.63, 3.8) is 0 Å². The van der Waals surface area contributed by atoms with Gasteiger partial charge in [0.05, 0.1) is 22.4 Å². The molecule has 0 bridgehead atoms. The summed E-state index contributed by atoms with van der Waals surface area (Å²) in [5, 5.41) is 4.96. The fourth-order valence-electron chi connectivity index (χ4n) is 7.87. The quantitative estimate of drug-likeness (QED) is 0.171. The lowest BCUT2D eigenvalue weighted by Gasteiger charge is -2.15. The van der Waals surface area contributed by atoms with Crippen LogP contribution in [0, 0.1) is 0 Å². The van der Waals surface area contributed by atoms with E-state index in [2.05, 4.69) is 150 Å². The highest BCUT2D eigenvalue weighted by Gasteiger charge is 2.20. The second-order valence-electron chi connectivity index (χ2n) is 13.9. The molecular weight excluding hydrogens is 703 g/mol. The maximum absolute atomic E-state index is 5.17. The zero-order valence-electron chi connectivity index (χ0n) is 30.0. The highest BCUT2D eigenvalue weighted by molar-refractivity contribution is 7.26. The molecule has 0 unspecified atom stereocenters. The Labute approximate surface area is 326 Å². The fraction of sp³-hybridized carbons (Fsp3) is 0. The predicted octanol–water partition coefficient (Wildman–Crippen LogP) is 13.1. The average molecular weight is 734 g/mol. The molecule has 4 heterocycles. The standard InChI is InChI=1S/C50H31N5S/c1-3-14-33(15-4-1)46-44(55-42-23-10-7-18-38(42)39-19-8-11-24-43(39)55)30-36(31-51-46)50-53-48(34-16-5-2-6-17-34)52-49(54-50)35-28-26-32(27-29-35)37-21-13-22-41-40-20-9-12-25-45(40)56-47(37)41/h1-31H. The van der Waals surface area contributed by atoms with Crippen LogP contribution in [0.5, 0.6) is 0 Å². The second kappa shape index (κ2) is 13.2. The van der Waals surface area contributed by atoms with Crippen molar-refractivity contribution in [3.8, 4) is 62.2 Å². The highest BCUT2D eigenvalue weighted by Crippen LogP contribution is 2.41. The summed E-state index contributed by atoms with van der Waals surface area (Å²) in [5.41, 5.74) is 10.1. The molecule has 4 aromatic heterocycles. The lowest BCUT2D eigenvalue weighted by Crippen LogP contribution is -2.03. The molecule has 56 heavy (non-hydrogen) atoms. The van der Waals surface area contributed by atoms with E-state index in [4.69, 9.17) is 19.9 Å². The summed E-state index contributed by atoms with van der Waals surface area (Å²) in [5.74, 6) is 1.77. The molecule has 0 saturated carbocycles. The van der Waals surface area contributed by atoms with Crippen LogP contribution in [0.2, 0.25) is 0 Å². The van der Waals surface area contributed by atoms with Crippen molar-refractivity contribution in [2.45, 2.75) is 0 Å². The van der Waals surface area contributed by atoms with Crippen LogP contribution in [-0.4, -0.2) is 24.5 Å². The van der Waals surface area contributed by atoms with Gasteiger partial charge in [0.1, 0.15) is 0 Å². The van der Waals surface area contributed by atoms with E-state index >= 15 is 0 Å². The molecule has 0 aliphatic rings. The second-order valence-corrected chi connectivity index (χ2v) is 14.9. The number of benzene rings is 7. The summed E-state index contributed by atoms with van der Waals surface area (Å²) < 4.78 is 4.91. The van der Waals surface area contributed by atoms with E-state index < -0.39 is 0 Å². The maximum atomic E-state index is 5.17. The first-order valence-corrected chi connectivity index (χ1v) is 19.5. The van der Waals surface area contributed by atoms with Gasteiger partial charge in [0.2, 0.25) is 0 Å². The molecule has 0 spiro atoms. The molecule has 7 aromatic carbocycles. The largest absolute Gasteiger partial charge is 0.307 e. The number of rotatable bonds is 6. The molecular formula is C50H31N5S. The Morgan fingerprint density at radius 1 is 0.393 bits per heavy atom. The summed E-state index contributed by atoms with van der Waals surface area (Å²) >= 11 is 1.84. The van der Waals surface area contributed by atoms with Gasteiger partial charge in [-0.2, -0.15) is 0 Å². The number of nitrogens with zero attached hydrogens (tertiary/aromatic N) is 5. The molecule has 0 radical (unpaired) electrons. The lowest BCUT2D eigenvalue weighted by molar-refractivity contribution is 1.06. The van der Waals surface area contributed by atoms with Gasteiger partial charge in [0.15, 0.2) is 17.5 Å². The Morgan fingerprint density at radius 3 is 1.59 bits per heavy atom. The highest BCUT2D eigenvalue weighted by atomic mass is 32.1. The van der Waals surface area contributed by atoms with Crippen molar-refractivity contribution >= 4 is 53.3 Å². The number of para-hydroxylation sites is 2. The third-order valence-electron chi connectivity index (χ3n) is 10.5. The Balaban J connectivity index is 1.08. The van der Waals surface area contributed by atoms with Gasteiger partial charge in [-0.15, -0.1) is 11.3 Å². The monoisotopic (exact) mass is 733 g/mol. The zero-order chi connectivity index (χ0) is 37.0. The van der Waals surface area contributed by atoms with Gasteiger partial charge >= 0.3 is 0 Å².